The van der Waals surface area contributed by atoms with Crippen LogP contribution in [0.1, 0.15) is 0 Å². The van der Waals surface area contributed by atoms with Crippen molar-refractivity contribution in [2.75, 3.05) is 0 Å². The number of H-pyrrole nitrogens is 1. The van der Waals surface area contributed by atoms with Gasteiger partial charge < -0.3 is 4.98 Å². The first-order chi connectivity index (χ1) is 12.2. The molecule has 2 aromatic carbocycles. The summed E-state index contributed by atoms with van der Waals surface area (Å²) in [7, 11) is 0. The Balaban J connectivity index is 1.94. The molecule has 122 valence electrons. The lowest BCUT2D eigenvalue weighted by Crippen LogP contribution is -1.84. The molecular weight excluding hydrogens is 353 g/mol. The molecule has 0 atom stereocenters. The summed E-state index contributed by atoms with van der Waals surface area (Å²) >= 11 is 12.5. The van der Waals surface area contributed by atoms with Gasteiger partial charge in [0, 0.05) is 29.1 Å². The standard InChI is InChI=1S/C20H13Cl2N3/c21-16-8-4-7-15(17(16)22)20-24-18(13-5-2-1-3-6-13)19(25-20)14-9-11-23-12-10-14/h1-12H,(H,24,25). The molecule has 25 heavy (non-hydrogen) atoms. The van der Waals surface area contributed by atoms with Crippen LogP contribution in [0.5, 0.6) is 0 Å². The van der Waals surface area contributed by atoms with Gasteiger partial charge in [0.25, 0.3) is 0 Å². The Morgan fingerprint density at radius 1 is 0.760 bits per heavy atom. The summed E-state index contributed by atoms with van der Waals surface area (Å²) in [5.74, 6) is 0.679. The third-order valence-corrected chi connectivity index (χ3v) is 4.75. The summed E-state index contributed by atoms with van der Waals surface area (Å²) in [5.41, 5.74) is 4.57. The van der Waals surface area contributed by atoms with Gasteiger partial charge in [0.2, 0.25) is 0 Å². The van der Waals surface area contributed by atoms with Crippen molar-refractivity contribution < 1.29 is 0 Å². The van der Waals surface area contributed by atoms with Crippen molar-refractivity contribution >= 4 is 23.2 Å². The van der Waals surface area contributed by atoms with E-state index in [0.29, 0.717) is 15.9 Å². The quantitative estimate of drug-likeness (QED) is 0.475. The van der Waals surface area contributed by atoms with Crippen LogP contribution in [0, 0.1) is 0 Å². The molecule has 0 amide bonds. The summed E-state index contributed by atoms with van der Waals surface area (Å²) in [4.78, 5) is 12.3. The molecule has 0 radical (unpaired) electrons. The van der Waals surface area contributed by atoms with Gasteiger partial charge in [-0.25, -0.2) is 4.98 Å². The second-order valence-corrected chi connectivity index (χ2v) is 6.30. The fourth-order valence-electron chi connectivity index (χ4n) is 2.72. The summed E-state index contributed by atoms with van der Waals surface area (Å²) in [6, 6.07) is 19.5. The van der Waals surface area contributed by atoms with Crippen molar-refractivity contribution in [3.05, 3.63) is 83.1 Å². The predicted octanol–water partition coefficient (Wildman–Crippen LogP) is 6.11. The second kappa shape index (κ2) is 6.71. The molecule has 0 saturated heterocycles. The number of pyridine rings is 1. The van der Waals surface area contributed by atoms with E-state index < -0.39 is 0 Å². The Bertz CT molecular complexity index is 955. The van der Waals surface area contributed by atoms with Crippen LogP contribution in [0.2, 0.25) is 10.0 Å². The summed E-state index contributed by atoms with van der Waals surface area (Å²) in [5, 5.41) is 0.987. The molecule has 0 bridgehead atoms. The number of hydrogen-bond acceptors (Lipinski definition) is 2. The Labute approximate surface area is 155 Å². The molecule has 0 aliphatic heterocycles. The SMILES string of the molecule is Clc1cccc(-c2nc(-c3ccncc3)c(-c3ccccc3)[nH]2)c1Cl. The second-order valence-electron chi connectivity index (χ2n) is 5.51. The van der Waals surface area contributed by atoms with Crippen molar-refractivity contribution in [1.82, 2.24) is 15.0 Å². The Kier molecular flexibility index (Phi) is 4.26. The van der Waals surface area contributed by atoms with Crippen LogP contribution in [-0.4, -0.2) is 15.0 Å². The van der Waals surface area contributed by atoms with Gasteiger partial charge >= 0.3 is 0 Å². The van der Waals surface area contributed by atoms with Crippen molar-refractivity contribution in [3.8, 4) is 33.9 Å². The van der Waals surface area contributed by atoms with Gasteiger partial charge in [0.05, 0.1) is 21.4 Å². The number of halogens is 2. The van der Waals surface area contributed by atoms with Gasteiger partial charge in [-0.05, 0) is 24.3 Å². The lowest BCUT2D eigenvalue weighted by atomic mass is 10.1. The third kappa shape index (κ3) is 3.04. The normalized spacial score (nSPS) is 10.8. The van der Waals surface area contributed by atoms with E-state index in [4.69, 9.17) is 28.2 Å². The maximum atomic E-state index is 6.38. The number of aromatic amines is 1. The van der Waals surface area contributed by atoms with Gasteiger partial charge in [-0.1, -0.05) is 59.6 Å². The van der Waals surface area contributed by atoms with Crippen LogP contribution in [0.25, 0.3) is 33.9 Å². The molecule has 2 heterocycles. The van der Waals surface area contributed by atoms with Gasteiger partial charge in [-0.15, -0.1) is 0 Å². The van der Waals surface area contributed by atoms with Gasteiger partial charge in [-0.2, -0.15) is 0 Å². The van der Waals surface area contributed by atoms with Gasteiger partial charge in [0.15, 0.2) is 0 Å². The Morgan fingerprint density at radius 2 is 1.52 bits per heavy atom. The smallest absolute Gasteiger partial charge is 0.140 e. The zero-order chi connectivity index (χ0) is 17.2. The first-order valence-electron chi connectivity index (χ1n) is 7.74. The first kappa shape index (κ1) is 15.9. The number of rotatable bonds is 3. The largest absolute Gasteiger partial charge is 0.337 e. The highest BCUT2D eigenvalue weighted by molar-refractivity contribution is 6.43. The summed E-state index contributed by atoms with van der Waals surface area (Å²) in [6.45, 7) is 0. The molecule has 4 rings (SSSR count). The molecule has 1 N–H and O–H groups in total. The van der Waals surface area contributed by atoms with Crippen molar-refractivity contribution in [3.63, 3.8) is 0 Å². The molecule has 3 nitrogen and oxygen atoms in total. The van der Waals surface area contributed by atoms with E-state index in [0.717, 1.165) is 28.1 Å². The average molecular weight is 366 g/mol. The van der Waals surface area contributed by atoms with E-state index in [-0.39, 0.29) is 0 Å². The highest BCUT2D eigenvalue weighted by atomic mass is 35.5. The molecule has 2 aromatic heterocycles. The summed E-state index contributed by atoms with van der Waals surface area (Å²) in [6.07, 6.45) is 3.51. The maximum absolute atomic E-state index is 6.38. The molecule has 5 heteroatoms. The lowest BCUT2D eigenvalue weighted by Gasteiger charge is -2.02. The molecule has 4 aromatic rings. The van der Waals surface area contributed by atoms with Crippen LogP contribution in [0.4, 0.5) is 0 Å². The number of aromatic nitrogens is 3. The molecule has 0 saturated carbocycles. The minimum absolute atomic E-state index is 0.485. The molecule has 0 aliphatic carbocycles. The van der Waals surface area contributed by atoms with Crippen LogP contribution < -0.4 is 0 Å². The predicted molar refractivity (Wildman–Crippen MR) is 103 cm³/mol. The monoisotopic (exact) mass is 365 g/mol. The zero-order valence-electron chi connectivity index (χ0n) is 13.1. The average Bonchev–Trinajstić information content (AvgIpc) is 3.10. The molecule has 0 aliphatic rings. The number of nitrogens with zero attached hydrogens (tertiary/aromatic N) is 2. The third-order valence-electron chi connectivity index (χ3n) is 3.93. The van der Waals surface area contributed by atoms with E-state index in [1.807, 2.05) is 54.6 Å². The topological polar surface area (TPSA) is 41.6 Å². The minimum atomic E-state index is 0.485. The van der Waals surface area contributed by atoms with E-state index in [1.54, 1.807) is 18.5 Å². The van der Waals surface area contributed by atoms with Crippen molar-refractivity contribution in [2.45, 2.75) is 0 Å². The van der Waals surface area contributed by atoms with E-state index in [9.17, 15) is 0 Å². The number of imidazole rings is 1. The number of benzene rings is 2. The van der Waals surface area contributed by atoms with Crippen LogP contribution in [0.3, 0.4) is 0 Å². The van der Waals surface area contributed by atoms with E-state index >= 15 is 0 Å². The number of hydrogen-bond donors (Lipinski definition) is 1. The van der Waals surface area contributed by atoms with Gasteiger partial charge in [0.1, 0.15) is 5.82 Å². The fourth-order valence-corrected chi connectivity index (χ4v) is 3.11. The molecule has 0 fully saturated rings. The van der Waals surface area contributed by atoms with E-state index in [2.05, 4.69) is 9.97 Å². The van der Waals surface area contributed by atoms with Crippen LogP contribution in [0.15, 0.2) is 73.1 Å². The van der Waals surface area contributed by atoms with Crippen LogP contribution >= 0.6 is 23.2 Å². The Hall–Kier alpha value is -2.62. The lowest BCUT2D eigenvalue weighted by molar-refractivity contribution is 1.30. The van der Waals surface area contributed by atoms with Crippen LogP contribution in [-0.2, 0) is 0 Å². The fraction of sp³-hybridized carbons (Fsp3) is 0. The highest BCUT2D eigenvalue weighted by Gasteiger charge is 2.17. The molecule has 0 spiro atoms. The van der Waals surface area contributed by atoms with Crippen molar-refractivity contribution in [1.29, 1.82) is 0 Å². The van der Waals surface area contributed by atoms with Crippen molar-refractivity contribution in [2.24, 2.45) is 0 Å². The molecular formula is C20H13Cl2N3. The van der Waals surface area contributed by atoms with Gasteiger partial charge in [-0.3, -0.25) is 4.98 Å². The summed E-state index contributed by atoms with van der Waals surface area (Å²) < 4.78 is 0. The Morgan fingerprint density at radius 3 is 2.28 bits per heavy atom. The first-order valence-corrected chi connectivity index (χ1v) is 8.50. The minimum Gasteiger partial charge on any atom is -0.337 e. The highest BCUT2D eigenvalue weighted by Crippen LogP contribution is 2.36. The zero-order valence-corrected chi connectivity index (χ0v) is 14.6. The van der Waals surface area contributed by atoms with E-state index in [1.165, 1.54) is 0 Å². The number of nitrogens with one attached hydrogen (secondary N) is 1. The molecule has 0 unspecified atom stereocenters. The maximum Gasteiger partial charge on any atom is 0.140 e.